The first-order valence-electron chi connectivity index (χ1n) is 5.24. The van der Waals surface area contributed by atoms with E-state index in [1.807, 2.05) is 17.5 Å². The number of hydrogen-bond acceptors (Lipinski definition) is 3. The van der Waals surface area contributed by atoms with Crippen LogP contribution in [-0.2, 0) is 4.79 Å². The normalized spacial score (nSPS) is 14.6. The second-order valence-electron chi connectivity index (χ2n) is 3.65. The number of carbonyl (C=O) groups is 1. The topological polar surface area (TPSA) is 55.1 Å². The summed E-state index contributed by atoms with van der Waals surface area (Å²) in [6.07, 6.45) is 2.00. The summed E-state index contributed by atoms with van der Waals surface area (Å²) >= 11 is 1.67. The molecular formula is C11H18N2OS. The fraction of sp³-hybridized carbons (Fsp3) is 0.545. The molecule has 1 rings (SSSR count). The lowest BCUT2D eigenvalue weighted by Crippen LogP contribution is -2.40. The Morgan fingerprint density at radius 1 is 1.67 bits per heavy atom. The van der Waals surface area contributed by atoms with E-state index in [4.69, 9.17) is 5.73 Å². The van der Waals surface area contributed by atoms with Gasteiger partial charge in [-0.2, -0.15) is 0 Å². The maximum absolute atomic E-state index is 11.5. The van der Waals surface area contributed by atoms with Gasteiger partial charge in [0.25, 0.3) is 0 Å². The Morgan fingerprint density at radius 2 is 2.40 bits per heavy atom. The van der Waals surface area contributed by atoms with Gasteiger partial charge in [-0.25, -0.2) is 0 Å². The molecule has 0 aromatic carbocycles. The van der Waals surface area contributed by atoms with Crippen molar-refractivity contribution >= 4 is 17.2 Å². The zero-order valence-corrected chi connectivity index (χ0v) is 10.0. The van der Waals surface area contributed by atoms with Crippen LogP contribution >= 0.6 is 11.3 Å². The van der Waals surface area contributed by atoms with Gasteiger partial charge in [0.05, 0.1) is 12.1 Å². The molecule has 0 aliphatic rings. The fourth-order valence-electron chi connectivity index (χ4n) is 1.37. The van der Waals surface area contributed by atoms with E-state index in [0.717, 1.165) is 12.8 Å². The van der Waals surface area contributed by atoms with Crippen LogP contribution in [-0.4, -0.2) is 11.9 Å². The Labute approximate surface area is 94.7 Å². The molecule has 0 aliphatic carbocycles. The molecule has 0 bridgehead atoms. The molecule has 3 N–H and O–H groups in total. The van der Waals surface area contributed by atoms with Crippen molar-refractivity contribution < 1.29 is 4.79 Å². The van der Waals surface area contributed by atoms with Crippen molar-refractivity contribution in [2.45, 2.75) is 38.8 Å². The second kappa shape index (κ2) is 5.88. The molecule has 1 heterocycles. The third-order valence-corrected chi connectivity index (χ3v) is 3.18. The van der Waals surface area contributed by atoms with Crippen LogP contribution in [0.4, 0.5) is 0 Å². The number of nitrogens with two attached hydrogens (primary N) is 1. The van der Waals surface area contributed by atoms with Crippen molar-refractivity contribution in [2.24, 2.45) is 5.73 Å². The van der Waals surface area contributed by atoms with Crippen molar-refractivity contribution in [3.05, 3.63) is 22.4 Å². The molecule has 0 fully saturated rings. The monoisotopic (exact) mass is 226 g/mol. The summed E-state index contributed by atoms with van der Waals surface area (Å²) in [5.74, 6) is -0.0816. The first-order valence-corrected chi connectivity index (χ1v) is 6.12. The van der Waals surface area contributed by atoms with Crippen molar-refractivity contribution in [3.8, 4) is 0 Å². The zero-order chi connectivity index (χ0) is 11.3. The molecule has 3 nitrogen and oxygen atoms in total. The molecule has 0 saturated heterocycles. The zero-order valence-electron chi connectivity index (χ0n) is 9.19. The fourth-order valence-corrected chi connectivity index (χ4v) is 2.18. The SMILES string of the molecule is CCCC(NC(=O)[C@@H](C)N)c1cccs1. The smallest absolute Gasteiger partial charge is 0.237 e. The summed E-state index contributed by atoms with van der Waals surface area (Å²) in [5, 5.41) is 4.99. The van der Waals surface area contributed by atoms with E-state index in [1.54, 1.807) is 18.3 Å². The molecule has 0 spiro atoms. The number of carbonyl (C=O) groups excluding carboxylic acids is 1. The predicted octanol–water partition coefficient (Wildman–Crippen LogP) is 2.05. The van der Waals surface area contributed by atoms with Crippen LogP contribution in [0.5, 0.6) is 0 Å². The van der Waals surface area contributed by atoms with Crippen LogP contribution in [0.2, 0.25) is 0 Å². The average Bonchev–Trinajstić information content (AvgIpc) is 2.69. The largest absolute Gasteiger partial charge is 0.347 e. The first kappa shape index (κ1) is 12.2. The van der Waals surface area contributed by atoms with Gasteiger partial charge < -0.3 is 11.1 Å². The highest BCUT2D eigenvalue weighted by molar-refractivity contribution is 7.10. The van der Waals surface area contributed by atoms with Crippen LogP contribution in [0.15, 0.2) is 17.5 Å². The van der Waals surface area contributed by atoms with Crippen molar-refractivity contribution in [1.82, 2.24) is 5.32 Å². The van der Waals surface area contributed by atoms with Crippen LogP contribution in [0.25, 0.3) is 0 Å². The van der Waals surface area contributed by atoms with Crippen molar-refractivity contribution in [3.63, 3.8) is 0 Å². The molecule has 0 radical (unpaired) electrons. The van der Waals surface area contributed by atoms with Crippen LogP contribution < -0.4 is 11.1 Å². The molecule has 0 aliphatic heterocycles. The summed E-state index contributed by atoms with van der Waals surface area (Å²) in [6, 6.07) is 3.73. The van der Waals surface area contributed by atoms with Crippen LogP contribution in [0, 0.1) is 0 Å². The van der Waals surface area contributed by atoms with E-state index in [9.17, 15) is 4.79 Å². The average molecular weight is 226 g/mol. The minimum absolute atomic E-state index is 0.0816. The molecule has 0 saturated carbocycles. The van der Waals surface area contributed by atoms with E-state index in [-0.39, 0.29) is 11.9 Å². The maximum Gasteiger partial charge on any atom is 0.237 e. The predicted molar refractivity (Wildman–Crippen MR) is 63.8 cm³/mol. The summed E-state index contributed by atoms with van der Waals surface area (Å²) in [4.78, 5) is 12.7. The van der Waals surface area contributed by atoms with Gasteiger partial charge in [-0.3, -0.25) is 4.79 Å². The summed E-state index contributed by atoms with van der Waals surface area (Å²) in [5.41, 5.74) is 5.53. The highest BCUT2D eigenvalue weighted by atomic mass is 32.1. The lowest BCUT2D eigenvalue weighted by Gasteiger charge is -2.18. The van der Waals surface area contributed by atoms with Crippen molar-refractivity contribution in [2.75, 3.05) is 0 Å². The first-order chi connectivity index (χ1) is 7.15. The molecule has 1 aromatic heterocycles. The number of rotatable bonds is 5. The van der Waals surface area contributed by atoms with Crippen LogP contribution in [0.3, 0.4) is 0 Å². The number of amides is 1. The second-order valence-corrected chi connectivity index (χ2v) is 4.63. The van der Waals surface area contributed by atoms with Gasteiger partial charge in [0.15, 0.2) is 0 Å². The Morgan fingerprint density at radius 3 is 2.87 bits per heavy atom. The molecule has 1 aromatic rings. The molecule has 1 amide bonds. The maximum atomic E-state index is 11.5. The van der Waals surface area contributed by atoms with Gasteiger partial charge in [0.2, 0.25) is 5.91 Å². The standard InChI is InChI=1S/C11H18N2OS/c1-3-5-9(10-6-4-7-15-10)13-11(14)8(2)12/h4,6-9H,3,5,12H2,1-2H3,(H,13,14)/t8-,9?/m1/s1. The summed E-state index contributed by atoms with van der Waals surface area (Å²) < 4.78 is 0. The van der Waals surface area contributed by atoms with Gasteiger partial charge in [0, 0.05) is 4.88 Å². The number of hydrogen-bond donors (Lipinski definition) is 2. The Hall–Kier alpha value is -0.870. The van der Waals surface area contributed by atoms with Gasteiger partial charge >= 0.3 is 0 Å². The summed E-state index contributed by atoms with van der Waals surface area (Å²) in [6.45, 7) is 3.81. The molecule has 84 valence electrons. The van der Waals surface area contributed by atoms with Crippen molar-refractivity contribution in [1.29, 1.82) is 0 Å². The molecule has 2 atom stereocenters. The highest BCUT2D eigenvalue weighted by Gasteiger charge is 2.16. The minimum atomic E-state index is -0.440. The van der Waals surface area contributed by atoms with E-state index < -0.39 is 6.04 Å². The van der Waals surface area contributed by atoms with Gasteiger partial charge in [0.1, 0.15) is 0 Å². The lowest BCUT2D eigenvalue weighted by molar-refractivity contribution is -0.122. The lowest BCUT2D eigenvalue weighted by atomic mass is 10.1. The third-order valence-electron chi connectivity index (χ3n) is 2.19. The number of nitrogens with one attached hydrogen (secondary N) is 1. The van der Waals surface area contributed by atoms with Gasteiger partial charge in [-0.1, -0.05) is 19.4 Å². The van der Waals surface area contributed by atoms with Gasteiger partial charge in [-0.05, 0) is 24.8 Å². The number of thiophene rings is 1. The summed E-state index contributed by atoms with van der Waals surface area (Å²) in [7, 11) is 0. The molecular weight excluding hydrogens is 208 g/mol. The minimum Gasteiger partial charge on any atom is -0.347 e. The third kappa shape index (κ3) is 3.64. The Kier molecular flexibility index (Phi) is 4.78. The Balaban J connectivity index is 2.63. The molecule has 15 heavy (non-hydrogen) atoms. The van der Waals surface area contributed by atoms with Gasteiger partial charge in [-0.15, -0.1) is 11.3 Å². The van der Waals surface area contributed by atoms with E-state index >= 15 is 0 Å². The van der Waals surface area contributed by atoms with E-state index in [2.05, 4.69) is 12.2 Å². The van der Waals surface area contributed by atoms with E-state index in [0.29, 0.717) is 0 Å². The quantitative estimate of drug-likeness (QED) is 0.807. The Bertz CT molecular complexity index is 296. The van der Waals surface area contributed by atoms with Crippen LogP contribution in [0.1, 0.15) is 37.6 Å². The molecule has 1 unspecified atom stereocenters. The molecule has 4 heteroatoms. The van der Waals surface area contributed by atoms with E-state index in [1.165, 1.54) is 4.88 Å². The highest BCUT2D eigenvalue weighted by Crippen LogP contribution is 2.23.